The van der Waals surface area contributed by atoms with Gasteiger partial charge in [-0.15, -0.1) is 0 Å². The maximum Gasteiger partial charge on any atom is 0.155 e. The van der Waals surface area contributed by atoms with Gasteiger partial charge in [0.25, 0.3) is 0 Å². The van der Waals surface area contributed by atoms with Gasteiger partial charge in [0, 0.05) is 29.9 Å². The Balaban J connectivity index is 2.79. The molecule has 1 unspecified atom stereocenters. The van der Waals surface area contributed by atoms with E-state index in [2.05, 4.69) is 0 Å². The number of Topliss-reactive ketones (excluding diaryl/α,β-unsaturated/α-hetero) is 2. The van der Waals surface area contributed by atoms with Gasteiger partial charge in [-0.2, -0.15) is 0 Å². The van der Waals surface area contributed by atoms with Crippen molar-refractivity contribution in [3.63, 3.8) is 0 Å². The quantitative estimate of drug-likeness (QED) is 0.528. The molecule has 3 nitrogen and oxygen atoms in total. The Morgan fingerprint density at radius 3 is 2.00 bits per heavy atom. The van der Waals surface area contributed by atoms with E-state index in [-0.39, 0.29) is 11.6 Å². The fraction of sp³-hybridized carbons (Fsp3) is 0.714. The second-order valence-corrected chi connectivity index (χ2v) is 4.13. The normalized spacial score (nSPS) is 23.7. The van der Waals surface area contributed by atoms with Crippen molar-refractivity contribution in [1.82, 2.24) is 0 Å². The van der Waals surface area contributed by atoms with Crippen molar-refractivity contribution in [2.24, 2.45) is 0 Å². The summed E-state index contributed by atoms with van der Waals surface area (Å²) in [5.41, 5.74) is 0. The Hall–Kier alpha value is -0.510. The van der Waals surface area contributed by atoms with E-state index in [0.29, 0.717) is 19.3 Å². The fourth-order valence-electron chi connectivity index (χ4n) is 1.25. The molecule has 62 valence electrons. The topological polar surface area (TPSA) is 51.2 Å². The molecule has 1 aliphatic rings. The van der Waals surface area contributed by atoms with Gasteiger partial charge in [-0.25, -0.2) is 0 Å². The standard InChI is InChI=1S/C7H10O3S/c1-11(10)7-5(8)3-2-4-6(7)9/h7H,2-4H2,1H3. The van der Waals surface area contributed by atoms with E-state index in [0.717, 1.165) is 0 Å². The molecule has 1 saturated carbocycles. The van der Waals surface area contributed by atoms with Crippen LogP contribution in [0.1, 0.15) is 19.3 Å². The third-order valence-electron chi connectivity index (χ3n) is 1.76. The molecule has 0 heterocycles. The molecule has 1 aliphatic carbocycles. The Morgan fingerprint density at radius 2 is 1.73 bits per heavy atom. The highest BCUT2D eigenvalue weighted by molar-refractivity contribution is 7.86. The number of hydrogen-bond donors (Lipinski definition) is 0. The lowest BCUT2D eigenvalue weighted by atomic mass is 9.98. The van der Waals surface area contributed by atoms with Gasteiger partial charge in [-0.05, 0) is 6.42 Å². The summed E-state index contributed by atoms with van der Waals surface area (Å²) in [4.78, 5) is 22.1. The van der Waals surface area contributed by atoms with E-state index in [1.165, 1.54) is 6.26 Å². The van der Waals surface area contributed by atoms with Crippen LogP contribution < -0.4 is 0 Å². The van der Waals surface area contributed by atoms with Gasteiger partial charge in [0.1, 0.15) is 0 Å². The summed E-state index contributed by atoms with van der Waals surface area (Å²) < 4.78 is 10.9. The number of carbonyl (C=O) groups excluding carboxylic acids is 2. The second-order valence-electron chi connectivity index (χ2n) is 2.66. The van der Waals surface area contributed by atoms with Crippen molar-refractivity contribution < 1.29 is 13.8 Å². The van der Waals surface area contributed by atoms with Crippen molar-refractivity contribution in [2.75, 3.05) is 6.26 Å². The molecular formula is C7H10O3S. The molecule has 0 aromatic rings. The molecule has 0 aromatic carbocycles. The molecule has 0 radical (unpaired) electrons. The average molecular weight is 174 g/mol. The Labute approximate surface area is 67.6 Å². The smallest absolute Gasteiger partial charge is 0.155 e. The van der Waals surface area contributed by atoms with Crippen LogP contribution in [0, 0.1) is 0 Å². The number of rotatable bonds is 1. The first-order chi connectivity index (χ1) is 5.13. The van der Waals surface area contributed by atoms with Crippen molar-refractivity contribution in [2.45, 2.75) is 24.5 Å². The van der Waals surface area contributed by atoms with Gasteiger partial charge < -0.3 is 0 Å². The Bertz CT molecular complexity index is 206. The van der Waals surface area contributed by atoms with Gasteiger partial charge in [0.2, 0.25) is 0 Å². The van der Waals surface area contributed by atoms with Crippen molar-refractivity contribution >= 4 is 22.4 Å². The Morgan fingerprint density at radius 1 is 1.27 bits per heavy atom. The summed E-state index contributed by atoms with van der Waals surface area (Å²) in [5.74, 6) is -0.302. The number of hydrogen-bond acceptors (Lipinski definition) is 3. The van der Waals surface area contributed by atoms with Gasteiger partial charge in [0.05, 0.1) is 0 Å². The van der Waals surface area contributed by atoms with Crippen LogP contribution in [0.2, 0.25) is 0 Å². The van der Waals surface area contributed by atoms with Crippen molar-refractivity contribution in [3.8, 4) is 0 Å². The largest absolute Gasteiger partial charge is 0.298 e. The molecule has 0 aromatic heterocycles. The van der Waals surface area contributed by atoms with Crippen LogP contribution in [0.4, 0.5) is 0 Å². The Kier molecular flexibility index (Phi) is 2.54. The van der Waals surface area contributed by atoms with E-state index >= 15 is 0 Å². The molecule has 0 N–H and O–H groups in total. The second kappa shape index (κ2) is 3.26. The third kappa shape index (κ3) is 1.74. The van der Waals surface area contributed by atoms with E-state index in [4.69, 9.17) is 0 Å². The molecule has 1 atom stereocenters. The zero-order valence-electron chi connectivity index (χ0n) is 6.33. The van der Waals surface area contributed by atoms with Crippen LogP contribution in [0.15, 0.2) is 0 Å². The summed E-state index contributed by atoms with van der Waals surface area (Å²) in [7, 11) is -1.31. The van der Waals surface area contributed by atoms with E-state index in [9.17, 15) is 13.8 Å². The first kappa shape index (κ1) is 8.59. The van der Waals surface area contributed by atoms with Gasteiger partial charge >= 0.3 is 0 Å². The predicted molar refractivity (Wildman–Crippen MR) is 41.7 cm³/mol. The van der Waals surface area contributed by atoms with Crippen LogP contribution in [0.5, 0.6) is 0 Å². The maximum absolute atomic E-state index is 11.0. The van der Waals surface area contributed by atoms with Crippen LogP contribution >= 0.6 is 0 Å². The summed E-state index contributed by atoms with van der Waals surface area (Å²) in [6.45, 7) is 0. The lowest BCUT2D eigenvalue weighted by Gasteiger charge is -2.16. The average Bonchev–Trinajstić information content (AvgIpc) is 1.85. The van der Waals surface area contributed by atoms with Crippen LogP contribution in [-0.2, 0) is 20.4 Å². The minimum Gasteiger partial charge on any atom is -0.298 e. The number of ketones is 2. The molecular weight excluding hydrogens is 164 g/mol. The monoisotopic (exact) mass is 174 g/mol. The molecule has 0 aliphatic heterocycles. The number of carbonyl (C=O) groups is 2. The van der Waals surface area contributed by atoms with Gasteiger partial charge in [0.15, 0.2) is 16.8 Å². The third-order valence-corrected chi connectivity index (χ3v) is 2.95. The zero-order valence-corrected chi connectivity index (χ0v) is 7.15. The first-order valence-electron chi connectivity index (χ1n) is 3.50. The minimum absolute atomic E-state index is 0.151. The lowest BCUT2D eigenvalue weighted by molar-refractivity contribution is -0.128. The van der Waals surface area contributed by atoms with Crippen LogP contribution in [0.25, 0.3) is 0 Å². The fourth-order valence-corrected chi connectivity index (χ4v) is 2.22. The molecule has 1 fully saturated rings. The highest BCUT2D eigenvalue weighted by atomic mass is 32.2. The zero-order chi connectivity index (χ0) is 8.43. The molecule has 4 heteroatoms. The lowest BCUT2D eigenvalue weighted by Crippen LogP contribution is -2.37. The SMILES string of the molecule is CS(=O)C1C(=O)CCCC1=O. The van der Waals surface area contributed by atoms with Crippen LogP contribution in [0.3, 0.4) is 0 Å². The van der Waals surface area contributed by atoms with Gasteiger partial charge in [-0.3, -0.25) is 13.8 Å². The predicted octanol–water partition coefficient (Wildman–Crippen LogP) is 0.0556. The molecule has 0 spiro atoms. The van der Waals surface area contributed by atoms with E-state index < -0.39 is 16.0 Å². The van der Waals surface area contributed by atoms with E-state index in [1.807, 2.05) is 0 Å². The molecule has 0 bridgehead atoms. The summed E-state index contributed by atoms with van der Waals surface area (Å²) in [6, 6.07) is 0. The maximum atomic E-state index is 11.0. The molecule has 0 amide bonds. The van der Waals surface area contributed by atoms with Crippen molar-refractivity contribution in [1.29, 1.82) is 0 Å². The summed E-state index contributed by atoms with van der Waals surface area (Å²) >= 11 is 0. The summed E-state index contributed by atoms with van der Waals surface area (Å²) in [6.07, 6.45) is 2.86. The van der Waals surface area contributed by atoms with E-state index in [1.54, 1.807) is 0 Å². The minimum atomic E-state index is -1.31. The molecule has 0 saturated heterocycles. The van der Waals surface area contributed by atoms with Crippen LogP contribution in [-0.4, -0.2) is 27.3 Å². The van der Waals surface area contributed by atoms with Gasteiger partial charge in [-0.1, -0.05) is 0 Å². The van der Waals surface area contributed by atoms with Crippen molar-refractivity contribution in [3.05, 3.63) is 0 Å². The first-order valence-corrected chi connectivity index (χ1v) is 5.12. The highest BCUT2D eigenvalue weighted by Crippen LogP contribution is 2.14. The summed E-state index contributed by atoms with van der Waals surface area (Å²) in [5, 5.41) is -0.816. The highest BCUT2D eigenvalue weighted by Gasteiger charge is 2.32. The molecule has 11 heavy (non-hydrogen) atoms. The molecule has 1 rings (SSSR count).